The minimum Gasteiger partial charge on any atom is -0.493 e. The van der Waals surface area contributed by atoms with Gasteiger partial charge in [-0.05, 0) is 36.1 Å². The standard InChI is InChI=1S/C23H22N4O4S/c1-28-16-9-13(10-17(29-2)21(16)30-3)20-19-18(12-5-7-14(32-4)8-6-12)15(11-24)22(25)31-23(19)27-26-20/h5-10,18H,25H2,1-4H3,(H,26,27)/t18-/m1/s1. The number of thioether (sulfide) groups is 1. The fraction of sp³-hybridized carbons (Fsp3) is 0.217. The predicted molar refractivity (Wildman–Crippen MR) is 121 cm³/mol. The molecule has 1 aliphatic heterocycles. The fourth-order valence-corrected chi connectivity index (χ4v) is 4.23. The first-order valence-electron chi connectivity index (χ1n) is 9.66. The van der Waals surface area contributed by atoms with Gasteiger partial charge in [0.2, 0.25) is 17.5 Å². The minimum atomic E-state index is -0.451. The highest BCUT2D eigenvalue weighted by molar-refractivity contribution is 7.98. The molecule has 0 spiro atoms. The number of nitrogens with one attached hydrogen (secondary N) is 1. The van der Waals surface area contributed by atoms with Crippen LogP contribution < -0.4 is 24.7 Å². The smallest absolute Gasteiger partial charge is 0.244 e. The number of H-pyrrole nitrogens is 1. The molecular formula is C23H22N4O4S. The highest BCUT2D eigenvalue weighted by Gasteiger charge is 2.36. The maximum atomic E-state index is 9.89. The summed E-state index contributed by atoms with van der Waals surface area (Å²) in [5, 5.41) is 17.3. The first kappa shape index (κ1) is 21.5. The Kier molecular flexibility index (Phi) is 5.88. The van der Waals surface area contributed by atoms with Crippen LogP contribution in [0.2, 0.25) is 0 Å². The van der Waals surface area contributed by atoms with Gasteiger partial charge in [0.15, 0.2) is 11.5 Å². The van der Waals surface area contributed by atoms with Crippen molar-refractivity contribution in [3.8, 4) is 40.5 Å². The van der Waals surface area contributed by atoms with Crippen LogP contribution in [0.1, 0.15) is 17.0 Å². The summed E-state index contributed by atoms with van der Waals surface area (Å²) in [7, 11) is 4.66. The molecule has 0 fully saturated rings. The first-order valence-corrected chi connectivity index (χ1v) is 10.9. The topological polar surface area (TPSA) is 115 Å². The van der Waals surface area contributed by atoms with E-state index in [4.69, 9.17) is 24.7 Å². The summed E-state index contributed by atoms with van der Waals surface area (Å²) >= 11 is 1.65. The van der Waals surface area contributed by atoms with Crippen LogP contribution >= 0.6 is 11.8 Å². The van der Waals surface area contributed by atoms with E-state index in [1.807, 2.05) is 42.7 Å². The van der Waals surface area contributed by atoms with Crippen molar-refractivity contribution < 1.29 is 18.9 Å². The number of hydrogen-bond donors (Lipinski definition) is 2. The second-order valence-electron chi connectivity index (χ2n) is 6.93. The van der Waals surface area contributed by atoms with E-state index in [2.05, 4.69) is 16.3 Å². The molecule has 3 aromatic rings. The van der Waals surface area contributed by atoms with Gasteiger partial charge in [0, 0.05) is 10.5 Å². The van der Waals surface area contributed by atoms with Crippen molar-refractivity contribution in [1.29, 1.82) is 5.26 Å². The Balaban J connectivity index is 1.93. The summed E-state index contributed by atoms with van der Waals surface area (Å²) in [6.45, 7) is 0. The van der Waals surface area contributed by atoms with Crippen molar-refractivity contribution in [2.75, 3.05) is 27.6 Å². The molecule has 164 valence electrons. The van der Waals surface area contributed by atoms with Gasteiger partial charge < -0.3 is 24.7 Å². The maximum Gasteiger partial charge on any atom is 0.244 e. The van der Waals surface area contributed by atoms with Crippen molar-refractivity contribution in [3.63, 3.8) is 0 Å². The summed E-state index contributed by atoms with van der Waals surface area (Å²) in [6.07, 6.45) is 2.01. The normalized spacial score (nSPS) is 14.9. The molecule has 3 N–H and O–H groups in total. The van der Waals surface area contributed by atoms with Gasteiger partial charge in [-0.1, -0.05) is 12.1 Å². The van der Waals surface area contributed by atoms with Crippen LogP contribution in [0.5, 0.6) is 23.1 Å². The number of rotatable bonds is 6. The summed E-state index contributed by atoms with van der Waals surface area (Å²) in [4.78, 5) is 1.12. The molecule has 32 heavy (non-hydrogen) atoms. The van der Waals surface area contributed by atoms with Crippen molar-refractivity contribution in [2.45, 2.75) is 10.8 Å². The Morgan fingerprint density at radius 3 is 2.28 bits per heavy atom. The number of allylic oxidation sites excluding steroid dienone is 1. The zero-order valence-electron chi connectivity index (χ0n) is 18.1. The van der Waals surface area contributed by atoms with Crippen molar-refractivity contribution >= 4 is 11.8 Å². The Labute approximate surface area is 189 Å². The van der Waals surface area contributed by atoms with Crippen LogP contribution in [0.3, 0.4) is 0 Å². The zero-order chi connectivity index (χ0) is 22.8. The Hall–Kier alpha value is -3.77. The van der Waals surface area contributed by atoms with Gasteiger partial charge in [-0.15, -0.1) is 16.9 Å². The van der Waals surface area contributed by atoms with E-state index in [0.29, 0.717) is 40.0 Å². The largest absolute Gasteiger partial charge is 0.493 e. The number of nitrogens with two attached hydrogens (primary N) is 1. The number of ether oxygens (including phenoxy) is 4. The molecule has 0 unspecified atom stereocenters. The van der Waals surface area contributed by atoms with Gasteiger partial charge >= 0.3 is 0 Å². The molecule has 4 rings (SSSR count). The van der Waals surface area contributed by atoms with E-state index in [1.54, 1.807) is 33.1 Å². The number of hydrogen-bond acceptors (Lipinski definition) is 8. The molecule has 2 heterocycles. The van der Waals surface area contributed by atoms with Gasteiger partial charge in [0.1, 0.15) is 11.6 Å². The first-order chi connectivity index (χ1) is 15.6. The Morgan fingerprint density at radius 1 is 1.09 bits per heavy atom. The van der Waals surface area contributed by atoms with E-state index in [9.17, 15) is 5.26 Å². The van der Waals surface area contributed by atoms with Crippen molar-refractivity contribution in [3.05, 3.63) is 59.0 Å². The summed E-state index contributed by atoms with van der Waals surface area (Å²) in [5.74, 6) is 1.39. The number of methoxy groups -OCH3 is 3. The summed E-state index contributed by atoms with van der Waals surface area (Å²) in [5.41, 5.74) is 9.43. The molecule has 1 aliphatic rings. The van der Waals surface area contributed by atoms with Crippen LogP contribution in [0.25, 0.3) is 11.3 Å². The van der Waals surface area contributed by atoms with Gasteiger partial charge in [0.05, 0.1) is 38.5 Å². The third kappa shape index (κ3) is 3.48. The molecular weight excluding hydrogens is 428 g/mol. The predicted octanol–water partition coefficient (Wildman–Crippen LogP) is 4.04. The molecule has 2 aromatic carbocycles. The lowest BCUT2D eigenvalue weighted by Crippen LogP contribution is -2.21. The number of nitriles is 1. The highest BCUT2D eigenvalue weighted by atomic mass is 32.2. The molecule has 0 bridgehead atoms. The molecule has 0 radical (unpaired) electrons. The quantitative estimate of drug-likeness (QED) is 0.541. The lowest BCUT2D eigenvalue weighted by atomic mass is 9.83. The average molecular weight is 451 g/mol. The molecule has 9 heteroatoms. The molecule has 0 saturated carbocycles. The van der Waals surface area contributed by atoms with E-state index in [1.165, 1.54) is 0 Å². The third-order valence-electron chi connectivity index (χ3n) is 5.34. The molecule has 0 aliphatic carbocycles. The van der Waals surface area contributed by atoms with E-state index in [0.717, 1.165) is 16.0 Å². The van der Waals surface area contributed by atoms with Crippen LogP contribution in [0.4, 0.5) is 0 Å². The van der Waals surface area contributed by atoms with Gasteiger partial charge in [0.25, 0.3) is 0 Å². The number of aromatic nitrogens is 2. The highest BCUT2D eigenvalue weighted by Crippen LogP contribution is 2.48. The Morgan fingerprint density at radius 2 is 1.75 bits per heavy atom. The lowest BCUT2D eigenvalue weighted by molar-refractivity contribution is 0.324. The second kappa shape index (κ2) is 8.77. The average Bonchev–Trinajstić information content (AvgIpc) is 3.25. The summed E-state index contributed by atoms with van der Waals surface area (Å²) < 4.78 is 22.1. The lowest BCUT2D eigenvalue weighted by Gasteiger charge is -2.24. The number of nitrogens with zero attached hydrogens (tertiary/aromatic N) is 2. The SMILES string of the molecule is COc1cc(-c2[nH]nc3c2[C@H](c2ccc(SC)cc2)C(C#N)=C(N)O3)cc(OC)c1OC. The van der Waals surface area contributed by atoms with Crippen molar-refractivity contribution in [1.82, 2.24) is 10.2 Å². The number of benzene rings is 2. The van der Waals surface area contributed by atoms with Crippen LogP contribution in [0.15, 0.2) is 52.7 Å². The van der Waals surface area contributed by atoms with Crippen LogP contribution in [-0.4, -0.2) is 37.8 Å². The van der Waals surface area contributed by atoms with Gasteiger partial charge in [-0.2, -0.15) is 5.26 Å². The molecule has 1 atom stereocenters. The van der Waals surface area contributed by atoms with Crippen molar-refractivity contribution in [2.24, 2.45) is 5.73 Å². The Bertz CT molecular complexity index is 1200. The number of fused-ring (bicyclic) bond motifs is 1. The van der Waals surface area contributed by atoms with E-state index >= 15 is 0 Å². The summed E-state index contributed by atoms with van der Waals surface area (Å²) in [6, 6.07) is 13.9. The second-order valence-corrected chi connectivity index (χ2v) is 7.81. The fourth-order valence-electron chi connectivity index (χ4n) is 3.82. The van der Waals surface area contributed by atoms with Gasteiger partial charge in [-0.25, -0.2) is 0 Å². The molecule has 0 saturated heterocycles. The molecule has 0 amide bonds. The third-order valence-corrected chi connectivity index (χ3v) is 6.08. The monoisotopic (exact) mass is 450 g/mol. The minimum absolute atomic E-state index is 0.0434. The molecule has 8 nitrogen and oxygen atoms in total. The maximum absolute atomic E-state index is 9.89. The number of aromatic amines is 1. The van der Waals surface area contributed by atoms with Crippen LogP contribution in [-0.2, 0) is 0 Å². The van der Waals surface area contributed by atoms with E-state index in [-0.39, 0.29) is 5.88 Å². The van der Waals surface area contributed by atoms with Gasteiger partial charge in [-0.3, -0.25) is 5.10 Å². The zero-order valence-corrected chi connectivity index (χ0v) is 18.9. The van der Waals surface area contributed by atoms with E-state index < -0.39 is 5.92 Å². The molecule has 1 aromatic heterocycles. The van der Waals surface area contributed by atoms with Crippen LogP contribution in [0, 0.1) is 11.3 Å².